The minimum Gasteiger partial charge on any atom is -0.403 e. The maximum Gasteiger partial charge on any atom is 0.322 e. The molecule has 0 aliphatic heterocycles. The van der Waals surface area contributed by atoms with Crippen LogP contribution in [0, 0.1) is 13.8 Å². The SMILES string of the molecule is Cc1ccc(-c2nnc(NC(=O)c3ccc4ncsc4c3)o2)c(C)c1. The molecule has 25 heavy (non-hydrogen) atoms. The van der Waals surface area contributed by atoms with Crippen LogP contribution in [-0.2, 0) is 0 Å². The molecule has 0 aliphatic carbocycles. The fourth-order valence-electron chi connectivity index (χ4n) is 2.60. The van der Waals surface area contributed by atoms with Crippen molar-refractivity contribution < 1.29 is 9.21 Å². The molecule has 0 bridgehead atoms. The lowest BCUT2D eigenvalue weighted by atomic mass is 10.1. The summed E-state index contributed by atoms with van der Waals surface area (Å²) in [4.78, 5) is 16.6. The van der Waals surface area contributed by atoms with E-state index in [1.807, 2.05) is 38.1 Å². The number of thiazole rings is 1. The Morgan fingerprint density at radius 2 is 2.00 bits per heavy atom. The summed E-state index contributed by atoms with van der Waals surface area (Å²) in [5.74, 6) is 0.0804. The van der Waals surface area contributed by atoms with E-state index in [1.54, 1.807) is 17.6 Å². The van der Waals surface area contributed by atoms with Crippen LogP contribution in [-0.4, -0.2) is 21.1 Å². The summed E-state index contributed by atoms with van der Waals surface area (Å²) in [5.41, 5.74) is 6.19. The van der Waals surface area contributed by atoms with Crippen LogP contribution in [0.1, 0.15) is 21.5 Å². The molecule has 1 amide bonds. The molecule has 7 heteroatoms. The molecule has 0 atom stereocenters. The van der Waals surface area contributed by atoms with Crippen LogP contribution in [0.15, 0.2) is 46.3 Å². The molecule has 0 unspecified atom stereocenters. The first-order valence-corrected chi connectivity index (χ1v) is 8.54. The summed E-state index contributed by atoms with van der Waals surface area (Å²) < 4.78 is 6.54. The van der Waals surface area contributed by atoms with Gasteiger partial charge in [0.25, 0.3) is 5.91 Å². The molecule has 4 rings (SSSR count). The van der Waals surface area contributed by atoms with Gasteiger partial charge >= 0.3 is 6.01 Å². The summed E-state index contributed by atoms with van der Waals surface area (Å²) in [6.45, 7) is 4.01. The van der Waals surface area contributed by atoms with Gasteiger partial charge in [0.2, 0.25) is 5.89 Å². The van der Waals surface area contributed by atoms with Gasteiger partial charge in [-0.25, -0.2) is 4.98 Å². The lowest BCUT2D eigenvalue weighted by molar-refractivity contribution is 0.102. The number of nitrogens with zero attached hydrogens (tertiary/aromatic N) is 3. The molecule has 0 radical (unpaired) electrons. The first-order valence-electron chi connectivity index (χ1n) is 7.66. The summed E-state index contributed by atoms with van der Waals surface area (Å²) in [5, 5.41) is 10.6. The number of rotatable bonds is 3. The van der Waals surface area contributed by atoms with Crippen molar-refractivity contribution in [2.45, 2.75) is 13.8 Å². The van der Waals surface area contributed by atoms with Gasteiger partial charge in [0.15, 0.2) is 0 Å². The molecular weight excluding hydrogens is 336 g/mol. The molecule has 0 fully saturated rings. The summed E-state index contributed by atoms with van der Waals surface area (Å²) in [6, 6.07) is 11.4. The highest BCUT2D eigenvalue weighted by Gasteiger charge is 2.14. The molecule has 0 aliphatic rings. The van der Waals surface area contributed by atoms with E-state index in [2.05, 4.69) is 20.5 Å². The molecule has 1 N–H and O–H groups in total. The highest BCUT2D eigenvalue weighted by molar-refractivity contribution is 7.16. The number of aryl methyl sites for hydroxylation is 2. The first-order chi connectivity index (χ1) is 12.1. The number of amides is 1. The minimum absolute atomic E-state index is 0.0735. The smallest absolute Gasteiger partial charge is 0.322 e. The number of benzene rings is 2. The fraction of sp³-hybridized carbons (Fsp3) is 0.111. The second-order valence-electron chi connectivity index (χ2n) is 5.72. The Labute approximate surface area is 147 Å². The lowest BCUT2D eigenvalue weighted by Gasteiger charge is -2.02. The Hall–Kier alpha value is -3.06. The number of nitrogens with one attached hydrogen (secondary N) is 1. The molecule has 124 valence electrons. The van der Waals surface area contributed by atoms with Crippen LogP contribution in [0.4, 0.5) is 6.01 Å². The number of aromatic nitrogens is 3. The van der Waals surface area contributed by atoms with E-state index < -0.39 is 0 Å². The third-order valence-corrected chi connectivity index (χ3v) is 4.64. The van der Waals surface area contributed by atoms with Crippen molar-refractivity contribution in [2.75, 3.05) is 5.32 Å². The van der Waals surface area contributed by atoms with E-state index in [9.17, 15) is 4.79 Å². The zero-order valence-corrected chi connectivity index (χ0v) is 14.4. The van der Waals surface area contributed by atoms with Gasteiger partial charge in [-0.15, -0.1) is 16.4 Å². The number of carbonyl (C=O) groups is 1. The summed E-state index contributed by atoms with van der Waals surface area (Å²) >= 11 is 1.49. The van der Waals surface area contributed by atoms with Gasteiger partial charge in [-0.1, -0.05) is 22.8 Å². The van der Waals surface area contributed by atoms with Gasteiger partial charge in [0, 0.05) is 11.1 Å². The normalized spacial score (nSPS) is 11.0. The van der Waals surface area contributed by atoms with Crippen molar-refractivity contribution in [3.8, 4) is 11.5 Å². The highest BCUT2D eigenvalue weighted by Crippen LogP contribution is 2.25. The lowest BCUT2D eigenvalue weighted by Crippen LogP contribution is -2.11. The van der Waals surface area contributed by atoms with Crippen LogP contribution in [0.3, 0.4) is 0 Å². The Kier molecular flexibility index (Phi) is 3.77. The highest BCUT2D eigenvalue weighted by atomic mass is 32.1. The standard InChI is InChI=1S/C18H14N4O2S/c1-10-3-5-13(11(2)7-10)17-21-22-18(24-17)20-16(23)12-4-6-14-15(8-12)25-9-19-14/h3-9H,1-2H3,(H,20,22,23). The molecule has 0 spiro atoms. The molecule has 2 heterocycles. The number of hydrogen-bond acceptors (Lipinski definition) is 6. The quantitative estimate of drug-likeness (QED) is 0.598. The molecular formula is C18H14N4O2S. The fourth-order valence-corrected chi connectivity index (χ4v) is 3.32. The third-order valence-electron chi connectivity index (χ3n) is 3.85. The zero-order valence-electron chi connectivity index (χ0n) is 13.6. The van der Waals surface area contributed by atoms with E-state index in [0.717, 1.165) is 26.9 Å². The second-order valence-corrected chi connectivity index (χ2v) is 6.61. The van der Waals surface area contributed by atoms with Crippen LogP contribution in [0.25, 0.3) is 21.7 Å². The Bertz CT molecular complexity index is 1080. The molecule has 0 saturated carbocycles. The van der Waals surface area contributed by atoms with Crippen molar-refractivity contribution in [1.82, 2.24) is 15.2 Å². The zero-order chi connectivity index (χ0) is 17.4. The number of carbonyl (C=O) groups excluding carboxylic acids is 1. The van der Waals surface area contributed by atoms with Crippen LogP contribution >= 0.6 is 11.3 Å². The Morgan fingerprint density at radius 1 is 1.12 bits per heavy atom. The van der Waals surface area contributed by atoms with Crippen molar-refractivity contribution >= 4 is 33.5 Å². The van der Waals surface area contributed by atoms with E-state index in [1.165, 1.54) is 11.3 Å². The second kappa shape index (κ2) is 6.10. The van der Waals surface area contributed by atoms with Crippen molar-refractivity contribution in [2.24, 2.45) is 0 Å². The van der Waals surface area contributed by atoms with Crippen LogP contribution in [0.2, 0.25) is 0 Å². The number of anilines is 1. The molecule has 4 aromatic rings. The monoisotopic (exact) mass is 350 g/mol. The van der Waals surface area contributed by atoms with Gasteiger partial charge in [-0.2, -0.15) is 0 Å². The van der Waals surface area contributed by atoms with Gasteiger partial charge in [-0.3, -0.25) is 10.1 Å². The number of fused-ring (bicyclic) bond motifs is 1. The predicted molar refractivity (Wildman–Crippen MR) is 96.8 cm³/mol. The van der Waals surface area contributed by atoms with E-state index in [0.29, 0.717) is 11.5 Å². The van der Waals surface area contributed by atoms with E-state index in [-0.39, 0.29) is 11.9 Å². The van der Waals surface area contributed by atoms with Gasteiger partial charge < -0.3 is 4.42 Å². The predicted octanol–water partition coefficient (Wildman–Crippen LogP) is 4.22. The Morgan fingerprint density at radius 3 is 2.84 bits per heavy atom. The van der Waals surface area contributed by atoms with Crippen LogP contribution < -0.4 is 5.32 Å². The van der Waals surface area contributed by atoms with Gasteiger partial charge in [0.1, 0.15) is 0 Å². The van der Waals surface area contributed by atoms with Crippen LogP contribution in [0.5, 0.6) is 0 Å². The molecule has 0 saturated heterocycles. The molecule has 6 nitrogen and oxygen atoms in total. The maximum atomic E-state index is 12.4. The largest absolute Gasteiger partial charge is 0.403 e. The summed E-state index contributed by atoms with van der Waals surface area (Å²) in [6.07, 6.45) is 0. The molecule has 2 aromatic heterocycles. The van der Waals surface area contributed by atoms with Crippen molar-refractivity contribution in [1.29, 1.82) is 0 Å². The van der Waals surface area contributed by atoms with E-state index >= 15 is 0 Å². The maximum absolute atomic E-state index is 12.4. The average Bonchev–Trinajstić information content (AvgIpc) is 3.23. The number of hydrogen-bond donors (Lipinski definition) is 1. The van der Waals surface area contributed by atoms with E-state index in [4.69, 9.17) is 4.42 Å². The third kappa shape index (κ3) is 3.01. The van der Waals surface area contributed by atoms with Gasteiger partial charge in [0.05, 0.1) is 15.7 Å². The molecule has 2 aromatic carbocycles. The average molecular weight is 350 g/mol. The minimum atomic E-state index is -0.300. The topological polar surface area (TPSA) is 80.9 Å². The Balaban J connectivity index is 1.56. The van der Waals surface area contributed by atoms with Gasteiger partial charge in [-0.05, 0) is 43.7 Å². The van der Waals surface area contributed by atoms with Crippen molar-refractivity contribution in [3.05, 3.63) is 58.6 Å². The summed E-state index contributed by atoms with van der Waals surface area (Å²) in [7, 11) is 0. The first kappa shape index (κ1) is 15.5. The van der Waals surface area contributed by atoms with Crippen molar-refractivity contribution in [3.63, 3.8) is 0 Å².